The number of quaternary nitrogens is 1. The van der Waals surface area contributed by atoms with Crippen LogP contribution in [0.3, 0.4) is 0 Å². The molecule has 0 aromatic rings. The van der Waals surface area contributed by atoms with Crippen molar-refractivity contribution in [3.8, 4) is 0 Å². The number of likely N-dealkylation sites (N-methyl/N-ethyl adjacent to an activating group) is 1. The fourth-order valence-corrected chi connectivity index (χ4v) is 6.88. The summed E-state index contributed by atoms with van der Waals surface area (Å²) in [4.78, 5) is 35.4. The lowest BCUT2D eigenvalue weighted by Crippen LogP contribution is -2.37. The van der Waals surface area contributed by atoms with Gasteiger partial charge in [-0.15, -0.1) is 0 Å². The smallest absolute Gasteiger partial charge is 0.462 e. The number of phosphoric ester groups is 1. The standard InChI is InChI=1S/C47H86NO8P/c1-6-8-10-12-14-16-18-20-21-22-23-24-25-26-28-29-31-33-35-37-39-46(49)53-43-45(44-55-57(51,52)54-42-41-48(3,4)5)56-47(50)40-38-36-34-32-30-27-19-17-15-13-11-9-7-2/h9,11,13,15,17,19,27,30,45H,6-8,10,12,14,16,18,20-26,28-29,31-44H2,1-5H3/p+1/b11-9+,15-13+,19-17+,30-27+. The molecule has 1 N–H and O–H groups in total. The van der Waals surface area contributed by atoms with Gasteiger partial charge in [-0.1, -0.05) is 191 Å². The minimum Gasteiger partial charge on any atom is -0.462 e. The van der Waals surface area contributed by atoms with E-state index in [0.717, 1.165) is 44.9 Å². The van der Waals surface area contributed by atoms with E-state index in [0.29, 0.717) is 17.4 Å². The number of hydrogen-bond donors (Lipinski definition) is 1. The van der Waals surface area contributed by atoms with Crippen molar-refractivity contribution in [1.29, 1.82) is 0 Å². The van der Waals surface area contributed by atoms with E-state index in [1.165, 1.54) is 109 Å². The summed E-state index contributed by atoms with van der Waals surface area (Å²) < 4.78 is 34.3. The molecular formula is C47H87NO8P+. The fourth-order valence-electron chi connectivity index (χ4n) is 6.14. The molecule has 2 unspecified atom stereocenters. The molecule has 0 aliphatic carbocycles. The summed E-state index contributed by atoms with van der Waals surface area (Å²) in [5, 5.41) is 0. The van der Waals surface area contributed by atoms with E-state index < -0.39 is 26.5 Å². The molecule has 2 atom stereocenters. The van der Waals surface area contributed by atoms with Gasteiger partial charge in [-0.3, -0.25) is 18.6 Å². The first-order chi connectivity index (χ1) is 27.5. The van der Waals surface area contributed by atoms with E-state index in [2.05, 4.69) is 26.0 Å². The maximum Gasteiger partial charge on any atom is 0.472 e. The second-order valence-electron chi connectivity index (χ2n) is 16.5. The van der Waals surface area contributed by atoms with Crippen molar-refractivity contribution in [2.24, 2.45) is 0 Å². The molecule has 0 heterocycles. The van der Waals surface area contributed by atoms with Crippen molar-refractivity contribution in [1.82, 2.24) is 0 Å². The topological polar surface area (TPSA) is 108 Å². The van der Waals surface area contributed by atoms with Crippen molar-refractivity contribution in [3.05, 3.63) is 48.6 Å². The van der Waals surface area contributed by atoms with E-state index >= 15 is 0 Å². The van der Waals surface area contributed by atoms with Crippen LogP contribution in [0.4, 0.5) is 0 Å². The zero-order chi connectivity index (χ0) is 42.1. The molecule has 0 amide bonds. The maximum absolute atomic E-state index is 12.7. The summed E-state index contributed by atoms with van der Waals surface area (Å²) in [5.74, 6) is -0.841. The predicted octanol–water partition coefficient (Wildman–Crippen LogP) is 13.1. The Morgan fingerprint density at radius 2 is 1.00 bits per heavy atom. The van der Waals surface area contributed by atoms with Crippen LogP contribution in [-0.4, -0.2) is 74.9 Å². The maximum atomic E-state index is 12.7. The average molecular weight is 825 g/mol. The summed E-state index contributed by atoms with van der Waals surface area (Å²) >= 11 is 0. The third kappa shape index (κ3) is 43.4. The molecule has 0 aromatic carbocycles. The first kappa shape index (κ1) is 55.0. The first-order valence-electron chi connectivity index (χ1n) is 22.9. The lowest BCUT2D eigenvalue weighted by Gasteiger charge is -2.24. The van der Waals surface area contributed by atoms with Gasteiger partial charge < -0.3 is 18.9 Å². The van der Waals surface area contributed by atoms with Crippen LogP contribution in [0.1, 0.15) is 187 Å². The number of carbonyl (C=O) groups is 2. The molecule has 0 aromatic heterocycles. The molecule has 0 spiro atoms. The molecule has 0 aliphatic rings. The largest absolute Gasteiger partial charge is 0.472 e. The Labute approximate surface area is 350 Å². The van der Waals surface area contributed by atoms with Gasteiger partial charge in [0.25, 0.3) is 0 Å². The van der Waals surface area contributed by atoms with E-state index in [-0.39, 0.29) is 32.0 Å². The second-order valence-corrected chi connectivity index (χ2v) is 18.0. The number of carbonyl (C=O) groups excluding carboxylic acids is 2. The van der Waals surface area contributed by atoms with Gasteiger partial charge in [-0.2, -0.15) is 0 Å². The van der Waals surface area contributed by atoms with Gasteiger partial charge in [-0.05, 0) is 32.1 Å². The Bertz CT molecular complexity index is 1110. The Kier molecular flexibility index (Phi) is 38.0. The number of hydrogen-bond acceptors (Lipinski definition) is 7. The summed E-state index contributed by atoms with van der Waals surface area (Å²) in [5.41, 5.74) is 0. The quantitative estimate of drug-likeness (QED) is 0.0213. The summed E-state index contributed by atoms with van der Waals surface area (Å²) in [6, 6.07) is 0. The van der Waals surface area contributed by atoms with Gasteiger partial charge in [0.2, 0.25) is 0 Å². The van der Waals surface area contributed by atoms with Crippen molar-refractivity contribution in [2.75, 3.05) is 47.5 Å². The Balaban J connectivity index is 4.30. The van der Waals surface area contributed by atoms with Gasteiger partial charge in [0, 0.05) is 12.8 Å². The lowest BCUT2D eigenvalue weighted by molar-refractivity contribution is -0.870. The number of rotatable bonds is 41. The molecule has 9 nitrogen and oxygen atoms in total. The first-order valence-corrected chi connectivity index (χ1v) is 24.4. The molecule has 0 radical (unpaired) electrons. The fraction of sp³-hybridized carbons (Fsp3) is 0.787. The number of allylic oxidation sites excluding steroid dienone is 8. The van der Waals surface area contributed by atoms with Crippen LogP contribution in [0.25, 0.3) is 0 Å². The number of ether oxygens (including phenoxy) is 2. The zero-order valence-electron chi connectivity index (χ0n) is 37.3. The molecule has 0 saturated carbocycles. The van der Waals surface area contributed by atoms with Gasteiger partial charge >= 0.3 is 19.8 Å². The van der Waals surface area contributed by atoms with Gasteiger partial charge in [0.05, 0.1) is 27.7 Å². The molecular weight excluding hydrogens is 737 g/mol. The van der Waals surface area contributed by atoms with Crippen LogP contribution in [0.2, 0.25) is 0 Å². The normalized spacial score (nSPS) is 14.0. The number of phosphoric acid groups is 1. The summed E-state index contributed by atoms with van der Waals surface area (Å²) in [6.45, 7) is 4.24. The molecule has 0 aliphatic heterocycles. The second kappa shape index (κ2) is 39.4. The Morgan fingerprint density at radius 1 is 0.561 bits per heavy atom. The molecule has 57 heavy (non-hydrogen) atoms. The van der Waals surface area contributed by atoms with E-state index in [1.807, 2.05) is 57.6 Å². The average Bonchev–Trinajstić information content (AvgIpc) is 3.16. The van der Waals surface area contributed by atoms with Gasteiger partial charge in [0.15, 0.2) is 6.10 Å². The highest BCUT2D eigenvalue weighted by Crippen LogP contribution is 2.43. The van der Waals surface area contributed by atoms with Crippen LogP contribution in [0.15, 0.2) is 48.6 Å². The van der Waals surface area contributed by atoms with E-state index in [4.69, 9.17) is 18.5 Å². The number of unbranched alkanes of at least 4 members (excludes halogenated alkanes) is 22. The third-order valence-corrected chi connectivity index (χ3v) is 10.7. The van der Waals surface area contributed by atoms with Crippen molar-refractivity contribution in [3.63, 3.8) is 0 Å². The number of esters is 2. The van der Waals surface area contributed by atoms with Crippen LogP contribution < -0.4 is 0 Å². The SMILES string of the molecule is CC/C=C/C=C/C=C/C=C/CCCCCC(=O)OC(COC(=O)CCCCCCCCCCCCCCCCCCCCCC)COP(=O)(O)OCC[N+](C)(C)C. The van der Waals surface area contributed by atoms with Gasteiger partial charge in [0.1, 0.15) is 19.8 Å². The van der Waals surface area contributed by atoms with E-state index in [1.54, 1.807) is 0 Å². The van der Waals surface area contributed by atoms with Crippen LogP contribution in [0, 0.1) is 0 Å². The lowest BCUT2D eigenvalue weighted by atomic mass is 10.0. The van der Waals surface area contributed by atoms with Crippen molar-refractivity contribution < 1.29 is 42.1 Å². The van der Waals surface area contributed by atoms with E-state index in [9.17, 15) is 19.0 Å². The van der Waals surface area contributed by atoms with Crippen molar-refractivity contribution >= 4 is 19.8 Å². The highest BCUT2D eigenvalue weighted by atomic mass is 31.2. The molecule has 10 heteroatoms. The zero-order valence-corrected chi connectivity index (χ0v) is 38.2. The minimum absolute atomic E-state index is 0.0232. The van der Waals surface area contributed by atoms with Crippen LogP contribution in [-0.2, 0) is 32.7 Å². The molecule has 332 valence electrons. The minimum atomic E-state index is -4.38. The van der Waals surface area contributed by atoms with Gasteiger partial charge in [-0.25, -0.2) is 4.57 Å². The van der Waals surface area contributed by atoms with Crippen molar-refractivity contribution in [2.45, 2.75) is 193 Å². The van der Waals surface area contributed by atoms with Crippen LogP contribution >= 0.6 is 7.82 Å². The number of nitrogens with zero attached hydrogens (tertiary/aromatic N) is 1. The molecule has 0 saturated heterocycles. The summed E-state index contributed by atoms with van der Waals surface area (Å²) in [6.07, 6.45) is 46.0. The van der Waals surface area contributed by atoms with Crippen LogP contribution in [0.5, 0.6) is 0 Å². The summed E-state index contributed by atoms with van der Waals surface area (Å²) in [7, 11) is 1.45. The highest BCUT2D eigenvalue weighted by molar-refractivity contribution is 7.47. The molecule has 0 rings (SSSR count). The molecule has 0 fully saturated rings. The third-order valence-electron chi connectivity index (χ3n) is 9.72. The Hall–Kier alpha value is -2.03. The highest BCUT2D eigenvalue weighted by Gasteiger charge is 2.27. The predicted molar refractivity (Wildman–Crippen MR) is 238 cm³/mol. The molecule has 0 bridgehead atoms. The Morgan fingerprint density at radius 3 is 1.49 bits per heavy atom. The monoisotopic (exact) mass is 825 g/mol.